The van der Waals surface area contributed by atoms with Crippen LogP contribution in [0.4, 0.5) is 0 Å². The predicted octanol–water partition coefficient (Wildman–Crippen LogP) is 1.83. The normalized spacial score (nSPS) is 12.1. The average molecular weight is 271 g/mol. The zero-order valence-corrected chi connectivity index (χ0v) is 11.7. The zero-order valence-electron chi connectivity index (χ0n) is 10.9. The number of nitrogens with two attached hydrogens (primary N) is 1. The van der Waals surface area contributed by atoms with Gasteiger partial charge in [-0.3, -0.25) is 4.79 Å². The summed E-state index contributed by atoms with van der Waals surface area (Å²) in [6.45, 7) is 4.16. The van der Waals surface area contributed by atoms with Crippen LogP contribution in [0.2, 0.25) is 5.02 Å². The third-order valence-electron chi connectivity index (χ3n) is 2.96. The first-order valence-corrected chi connectivity index (χ1v) is 6.18. The van der Waals surface area contributed by atoms with E-state index in [-0.39, 0.29) is 18.6 Å². The molecule has 1 atom stereocenters. The lowest BCUT2D eigenvalue weighted by molar-refractivity contribution is -0.133. The number of ether oxygens (including phenoxy) is 1. The van der Waals surface area contributed by atoms with E-state index < -0.39 is 0 Å². The van der Waals surface area contributed by atoms with Crippen molar-refractivity contribution in [1.29, 1.82) is 0 Å². The summed E-state index contributed by atoms with van der Waals surface area (Å²) in [6, 6.07) is 5.37. The third kappa shape index (κ3) is 3.62. The number of halogens is 1. The Bertz CT molecular complexity index is 423. The first-order chi connectivity index (χ1) is 8.47. The molecule has 1 rings (SSSR count). The van der Waals surface area contributed by atoms with E-state index in [0.717, 1.165) is 5.56 Å². The van der Waals surface area contributed by atoms with Crippen LogP contribution in [0.15, 0.2) is 18.2 Å². The number of rotatable bonds is 5. The molecule has 2 N–H and O–H groups in total. The fourth-order valence-electron chi connectivity index (χ4n) is 1.39. The van der Waals surface area contributed by atoms with E-state index in [2.05, 4.69) is 0 Å². The van der Waals surface area contributed by atoms with E-state index in [4.69, 9.17) is 22.1 Å². The number of likely N-dealkylation sites (N-methyl/N-ethyl adjacent to an activating group) is 1. The number of hydrogen-bond donors (Lipinski definition) is 1. The molecule has 18 heavy (non-hydrogen) atoms. The summed E-state index contributed by atoms with van der Waals surface area (Å²) in [4.78, 5) is 13.4. The second-order valence-corrected chi connectivity index (χ2v) is 4.65. The highest BCUT2D eigenvalue weighted by Crippen LogP contribution is 2.24. The first kappa shape index (κ1) is 14.8. The molecule has 4 nitrogen and oxygen atoms in total. The molecule has 0 aliphatic carbocycles. The molecule has 5 heteroatoms. The minimum atomic E-state index is -0.104. The molecule has 0 fully saturated rings. The summed E-state index contributed by atoms with van der Waals surface area (Å²) in [7, 11) is 1.72. The molecule has 0 bridgehead atoms. The maximum Gasteiger partial charge on any atom is 0.260 e. The maximum absolute atomic E-state index is 11.8. The van der Waals surface area contributed by atoms with Gasteiger partial charge in [0.2, 0.25) is 0 Å². The Labute approximate surface area is 113 Å². The van der Waals surface area contributed by atoms with Crippen LogP contribution in [-0.2, 0) is 4.79 Å². The van der Waals surface area contributed by atoms with E-state index in [1.165, 1.54) is 0 Å². The van der Waals surface area contributed by atoms with E-state index in [0.29, 0.717) is 17.3 Å². The number of nitrogens with zero attached hydrogens (tertiary/aromatic N) is 1. The first-order valence-electron chi connectivity index (χ1n) is 5.81. The third-order valence-corrected chi connectivity index (χ3v) is 3.37. The summed E-state index contributed by atoms with van der Waals surface area (Å²) >= 11 is 5.97. The highest BCUT2D eigenvalue weighted by molar-refractivity contribution is 6.31. The van der Waals surface area contributed by atoms with Crippen LogP contribution in [0.25, 0.3) is 0 Å². The number of carbonyl (C=O) groups is 1. The van der Waals surface area contributed by atoms with Crippen molar-refractivity contribution < 1.29 is 9.53 Å². The van der Waals surface area contributed by atoms with Gasteiger partial charge in [-0.15, -0.1) is 0 Å². The number of benzene rings is 1. The Morgan fingerprint density at radius 3 is 2.83 bits per heavy atom. The van der Waals surface area contributed by atoms with Crippen LogP contribution < -0.4 is 10.5 Å². The van der Waals surface area contributed by atoms with Gasteiger partial charge in [-0.1, -0.05) is 17.7 Å². The maximum atomic E-state index is 11.8. The van der Waals surface area contributed by atoms with Gasteiger partial charge >= 0.3 is 0 Å². The van der Waals surface area contributed by atoms with Gasteiger partial charge in [-0.25, -0.2) is 0 Å². The van der Waals surface area contributed by atoms with Crippen molar-refractivity contribution in [2.24, 2.45) is 5.73 Å². The highest BCUT2D eigenvalue weighted by atomic mass is 35.5. The monoisotopic (exact) mass is 270 g/mol. The molecular formula is C13H19ClN2O2. The molecule has 0 saturated heterocycles. The van der Waals surface area contributed by atoms with Crippen molar-refractivity contribution in [1.82, 2.24) is 4.90 Å². The van der Waals surface area contributed by atoms with Crippen LogP contribution in [0.3, 0.4) is 0 Å². The van der Waals surface area contributed by atoms with Crippen LogP contribution >= 0.6 is 11.6 Å². The molecule has 0 aromatic heterocycles. The summed E-state index contributed by atoms with van der Waals surface area (Å²) in [5.41, 5.74) is 6.34. The van der Waals surface area contributed by atoms with Gasteiger partial charge in [0, 0.05) is 30.2 Å². The molecule has 100 valence electrons. The standard InChI is InChI=1S/C13H19ClN2O2/c1-9(7-15)16(3)13(17)8-18-12-6-4-5-11(14)10(12)2/h4-6,9H,7-8,15H2,1-3H3. The van der Waals surface area contributed by atoms with Gasteiger partial charge in [0.1, 0.15) is 5.75 Å². The highest BCUT2D eigenvalue weighted by Gasteiger charge is 2.15. The lowest BCUT2D eigenvalue weighted by Crippen LogP contribution is -2.42. The molecule has 0 aliphatic rings. The van der Waals surface area contributed by atoms with Crippen molar-refractivity contribution in [3.63, 3.8) is 0 Å². The van der Waals surface area contributed by atoms with Crippen LogP contribution in [-0.4, -0.2) is 37.0 Å². The fraction of sp³-hybridized carbons (Fsp3) is 0.462. The van der Waals surface area contributed by atoms with Gasteiger partial charge in [-0.2, -0.15) is 0 Å². The smallest absolute Gasteiger partial charge is 0.260 e. The predicted molar refractivity (Wildman–Crippen MR) is 73.0 cm³/mol. The van der Waals surface area contributed by atoms with Crippen molar-refractivity contribution in [2.45, 2.75) is 19.9 Å². The summed E-state index contributed by atoms with van der Waals surface area (Å²) in [6.07, 6.45) is 0. The molecule has 1 amide bonds. The Hall–Kier alpha value is -1.26. The molecule has 0 saturated carbocycles. The largest absolute Gasteiger partial charge is 0.483 e. The van der Waals surface area contributed by atoms with Crippen molar-refractivity contribution in [3.05, 3.63) is 28.8 Å². The molecule has 0 spiro atoms. The van der Waals surface area contributed by atoms with Gasteiger partial charge in [0.25, 0.3) is 5.91 Å². The van der Waals surface area contributed by atoms with Crippen molar-refractivity contribution >= 4 is 17.5 Å². The van der Waals surface area contributed by atoms with Crippen LogP contribution in [0.1, 0.15) is 12.5 Å². The average Bonchev–Trinajstić information content (AvgIpc) is 2.38. The molecule has 0 aliphatic heterocycles. The molecule has 1 aromatic carbocycles. The quantitative estimate of drug-likeness (QED) is 0.888. The second-order valence-electron chi connectivity index (χ2n) is 4.24. The Morgan fingerprint density at radius 2 is 2.22 bits per heavy atom. The molecule has 0 heterocycles. The van der Waals surface area contributed by atoms with E-state index in [1.807, 2.05) is 13.8 Å². The molecular weight excluding hydrogens is 252 g/mol. The second kappa shape index (κ2) is 6.61. The van der Waals surface area contributed by atoms with E-state index in [1.54, 1.807) is 30.1 Å². The van der Waals surface area contributed by atoms with Crippen LogP contribution in [0, 0.1) is 6.92 Å². The minimum Gasteiger partial charge on any atom is -0.483 e. The van der Waals surface area contributed by atoms with Crippen molar-refractivity contribution in [3.8, 4) is 5.75 Å². The Balaban J connectivity index is 2.60. The number of carbonyl (C=O) groups excluding carboxylic acids is 1. The van der Waals surface area contributed by atoms with E-state index in [9.17, 15) is 4.79 Å². The minimum absolute atomic E-state index is 0.00144. The lowest BCUT2D eigenvalue weighted by Gasteiger charge is -2.23. The summed E-state index contributed by atoms with van der Waals surface area (Å²) < 4.78 is 5.48. The van der Waals surface area contributed by atoms with Crippen molar-refractivity contribution in [2.75, 3.05) is 20.2 Å². The summed E-state index contributed by atoms with van der Waals surface area (Å²) in [5.74, 6) is 0.525. The molecule has 1 unspecified atom stereocenters. The van der Waals surface area contributed by atoms with Gasteiger partial charge in [0.15, 0.2) is 6.61 Å². The van der Waals surface area contributed by atoms with Gasteiger partial charge in [-0.05, 0) is 26.0 Å². The SMILES string of the molecule is Cc1c(Cl)cccc1OCC(=O)N(C)C(C)CN. The zero-order chi connectivity index (χ0) is 13.7. The number of hydrogen-bond acceptors (Lipinski definition) is 3. The van der Waals surface area contributed by atoms with Gasteiger partial charge < -0.3 is 15.4 Å². The molecule has 1 aromatic rings. The van der Waals surface area contributed by atoms with Crippen LogP contribution in [0.5, 0.6) is 5.75 Å². The number of amides is 1. The Morgan fingerprint density at radius 1 is 1.56 bits per heavy atom. The van der Waals surface area contributed by atoms with Gasteiger partial charge in [0.05, 0.1) is 0 Å². The summed E-state index contributed by atoms with van der Waals surface area (Å²) in [5, 5.41) is 0.628. The fourth-order valence-corrected chi connectivity index (χ4v) is 1.56. The Kier molecular flexibility index (Phi) is 5.44. The molecule has 0 radical (unpaired) electrons. The topological polar surface area (TPSA) is 55.6 Å². The van der Waals surface area contributed by atoms with E-state index >= 15 is 0 Å². The lowest BCUT2D eigenvalue weighted by atomic mass is 10.2.